The lowest BCUT2D eigenvalue weighted by atomic mass is 9.94. The first kappa shape index (κ1) is 40.4. The predicted octanol–water partition coefficient (Wildman–Crippen LogP) is 4.98. The Balaban J connectivity index is 0.000000451. The van der Waals surface area contributed by atoms with E-state index in [4.69, 9.17) is 14.3 Å². The van der Waals surface area contributed by atoms with Crippen molar-refractivity contribution in [2.45, 2.75) is 45.3 Å². The highest BCUT2D eigenvalue weighted by molar-refractivity contribution is 5.75. The molecule has 0 saturated carbocycles. The van der Waals surface area contributed by atoms with E-state index < -0.39 is 48.4 Å². The third-order valence-corrected chi connectivity index (χ3v) is 6.36. The Kier molecular flexibility index (Phi) is 16.4. The highest BCUT2D eigenvalue weighted by Gasteiger charge is 2.45. The van der Waals surface area contributed by atoms with Gasteiger partial charge in [0, 0.05) is 45.8 Å². The molecule has 0 radical (unpaired) electrons. The maximum atomic E-state index is 15.0. The fraction of sp³-hybridized carbons (Fsp3) is 0.344. The van der Waals surface area contributed by atoms with Crippen LogP contribution in [-0.2, 0) is 4.79 Å². The fourth-order valence-electron chi connectivity index (χ4n) is 4.29. The Labute approximate surface area is 267 Å². The van der Waals surface area contributed by atoms with Crippen molar-refractivity contribution in [1.82, 2.24) is 15.6 Å². The molecule has 0 aliphatic carbocycles. The highest BCUT2D eigenvalue weighted by Crippen LogP contribution is 2.46. The van der Waals surface area contributed by atoms with E-state index in [-0.39, 0.29) is 30.0 Å². The number of hydrogen-bond donors (Lipinski definition) is 3. The zero-order chi connectivity index (χ0) is 35.9. The van der Waals surface area contributed by atoms with Gasteiger partial charge in [-0.15, -0.1) is 0 Å². The Morgan fingerprint density at radius 2 is 1.74 bits per heavy atom. The number of ether oxygens (including phenoxy) is 2. The number of nitrogens with two attached hydrogens (primary N) is 1. The number of benzene rings is 2. The second kappa shape index (κ2) is 19.1. The number of halogens is 7. The van der Waals surface area contributed by atoms with E-state index in [1.54, 1.807) is 6.92 Å². The van der Waals surface area contributed by atoms with Crippen LogP contribution < -0.4 is 36.3 Å². The van der Waals surface area contributed by atoms with Crippen molar-refractivity contribution in [2.24, 2.45) is 5.73 Å². The molecule has 1 aromatic heterocycles. The molecule has 2 aromatic carbocycles. The number of nitrogens with one attached hydrogen (secondary N) is 2. The first-order chi connectivity index (χ1) is 22.2. The van der Waals surface area contributed by atoms with Gasteiger partial charge in [0.25, 0.3) is 0 Å². The molecule has 2 unspecified atom stereocenters. The van der Waals surface area contributed by atoms with Crippen LogP contribution in [0.5, 0.6) is 11.5 Å². The van der Waals surface area contributed by atoms with E-state index in [1.165, 1.54) is 50.6 Å². The molecule has 1 aliphatic rings. The predicted molar refractivity (Wildman–Crippen MR) is 165 cm³/mol. The normalized spacial score (nSPS) is 14.1. The van der Waals surface area contributed by atoms with Crippen molar-refractivity contribution in [3.05, 3.63) is 75.3 Å². The number of fused-ring (bicyclic) bond motifs is 1. The van der Waals surface area contributed by atoms with Crippen LogP contribution in [0, 0.1) is 11.6 Å². The van der Waals surface area contributed by atoms with E-state index in [0.717, 1.165) is 6.20 Å². The van der Waals surface area contributed by atoms with E-state index in [1.807, 2.05) is 19.2 Å². The number of nitrogens with zero attached hydrogens (tertiary/aromatic N) is 1. The van der Waals surface area contributed by atoms with E-state index in [9.17, 15) is 35.5 Å². The first-order valence-corrected chi connectivity index (χ1v) is 14.1. The van der Waals surface area contributed by atoms with Crippen molar-refractivity contribution in [2.75, 3.05) is 27.3 Å². The van der Waals surface area contributed by atoms with Gasteiger partial charge in [0.15, 0.2) is 11.6 Å². The lowest BCUT2D eigenvalue weighted by Gasteiger charge is -2.22. The lowest BCUT2D eigenvalue weighted by molar-refractivity contribution is -0.150. The molecule has 0 saturated heterocycles. The molecule has 3 aromatic rings. The number of rotatable bonds is 8. The van der Waals surface area contributed by atoms with Gasteiger partial charge in [-0.25, -0.2) is 13.8 Å². The summed E-state index contributed by atoms with van der Waals surface area (Å²) in [6.07, 6.45) is -2.71. The van der Waals surface area contributed by atoms with Gasteiger partial charge in [0.1, 0.15) is 29.5 Å². The summed E-state index contributed by atoms with van der Waals surface area (Å²) in [6.45, 7) is 6.34. The number of carbonyl (C=O) groups is 2. The zero-order valence-electron chi connectivity index (χ0n) is 26.4. The fourth-order valence-corrected chi connectivity index (χ4v) is 4.29. The maximum Gasteiger partial charge on any atom is 0.398 e. The summed E-state index contributed by atoms with van der Waals surface area (Å²) >= 11 is 0. The molecular weight excluding hydrogens is 637 g/mol. The minimum atomic E-state index is -4.67. The van der Waals surface area contributed by atoms with Crippen LogP contribution in [0.2, 0.25) is 0 Å². The van der Waals surface area contributed by atoms with Crippen LogP contribution in [-0.4, -0.2) is 57.7 Å². The first-order valence-electron chi connectivity index (χ1n) is 14.1. The number of aromatic nitrogens is 1. The Morgan fingerprint density at radius 3 is 2.23 bits per heavy atom. The van der Waals surface area contributed by atoms with Crippen LogP contribution >= 0.6 is 0 Å². The van der Waals surface area contributed by atoms with Crippen molar-refractivity contribution in [3.8, 4) is 22.8 Å². The topological polar surface area (TPSA) is 116 Å². The van der Waals surface area contributed by atoms with Crippen molar-refractivity contribution >= 4 is 25.5 Å². The lowest BCUT2D eigenvalue weighted by Crippen LogP contribution is -2.32. The largest absolute Gasteiger partial charge is 0.496 e. The van der Waals surface area contributed by atoms with E-state index >= 15 is 0 Å². The number of likely N-dealkylation sites (N-methyl/N-ethyl adjacent to an activating group) is 1. The molecule has 8 nitrogen and oxygen atoms in total. The quantitative estimate of drug-likeness (QED) is 0.175. The number of carbonyl (C=O) groups excluding carboxylic acids is 2. The number of aldehydes is 1. The number of hydrogen-bond acceptors (Lipinski definition) is 7. The van der Waals surface area contributed by atoms with Crippen LogP contribution in [0.25, 0.3) is 24.0 Å². The Morgan fingerprint density at radius 1 is 1.15 bits per heavy atom. The van der Waals surface area contributed by atoms with Crippen LogP contribution in [0.1, 0.15) is 54.2 Å². The summed E-state index contributed by atoms with van der Waals surface area (Å²) in [5.74, 6) is -3.50. The Bertz CT molecular complexity index is 1570. The molecule has 0 bridgehead atoms. The van der Waals surface area contributed by atoms with Gasteiger partial charge in [-0.05, 0) is 43.4 Å². The zero-order valence-corrected chi connectivity index (χ0v) is 26.4. The van der Waals surface area contributed by atoms with Crippen molar-refractivity contribution < 1.29 is 49.8 Å². The average molecular weight is 675 g/mol. The van der Waals surface area contributed by atoms with E-state index in [0.29, 0.717) is 33.6 Å². The second-order valence-electron chi connectivity index (χ2n) is 9.43. The van der Waals surface area contributed by atoms with Gasteiger partial charge in [-0.2, -0.15) is 22.0 Å². The van der Waals surface area contributed by atoms with Gasteiger partial charge in [0.05, 0.1) is 19.4 Å². The minimum absolute atomic E-state index is 0.0830. The number of amides is 1. The molecule has 1 aliphatic heterocycles. The molecule has 2 atom stereocenters. The third kappa shape index (κ3) is 11.0. The molecule has 1 amide bonds. The van der Waals surface area contributed by atoms with Gasteiger partial charge < -0.3 is 25.8 Å². The van der Waals surface area contributed by atoms with Gasteiger partial charge in [-0.1, -0.05) is 27.4 Å². The number of pyridine rings is 1. The molecule has 4 N–H and O–H groups in total. The van der Waals surface area contributed by atoms with E-state index in [2.05, 4.69) is 22.6 Å². The van der Waals surface area contributed by atoms with Crippen LogP contribution in [0.3, 0.4) is 0 Å². The molecular formula is C32H37F7N4O4. The molecule has 258 valence electrons. The Hall–Kier alpha value is -4.66. The molecule has 47 heavy (non-hydrogen) atoms. The minimum Gasteiger partial charge on any atom is -0.496 e. The average Bonchev–Trinajstić information content (AvgIpc) is 3.43. The maximum absolute atomic E-state index is 15.0. The summed E-state index contributed by atoms with van der Waals surface area (Å²) in [7, 11) is 2.78. The summed E-state index contributed by atoms with van der Waals surface area (Å²) in [6, 6.07) is 8.04. The van der Waals surface area contributed by atoms with Crippen LogP contribution in [0.15, 0.2) is 36.4 Å². The monoisotopic (exact) mass is 674 g/mol. The smallest absolute Gasteiger partial charge is 0.398 e. The summed E-state index contributed by atoms with van der Waals surface area (Å²) < 4.78 is 103. The van der Waals surface area contributed by atoms with Gasteiger partial charge >= 0.3 is 12.7 Å². The molecule has 4 rings (SSSR count). The standard InChI is InChI=1S/C18H17F5N2O.C11H11F2NO2.C2H6.CH3NO/c1-9-8-26-17-13(9)14(20)16(12(7-24-2)18(21,22)23)25-15(17)10-3-5-11(19)6-4-10;1-7-9(5-14-11(12)13)3-8(6-15)4-10(7)16-2;1-2;2-1-3/h3-6,9,12,24H,7-8H2,1-2H3;3-6,11,14H,1H2,2H3;1-2H3;1H,(H2,2,3)/b;9-5-;;. The molecule has 0 spiro atoms. The number of methoxy groups -OCH3 is 1. The van der Waals surface area contributed by atoms with Gasteiger partial charge in [0.2, 0.25) is 6.41 Å². The highest BCUT2D eigenvalue weighted by atomic mass is 19.4. The van der Waals surface area contributed by atoms with Crippen molar-refractivity contribution in [3.63, 3.8) is 0 Å². The SMILES string of the molecule is C=c1c(OC)cc(C=O)c/c1=C/NC(F)F.CC.CNCC(c1nc(-c2ccc(F)cc2)c2c(c1F)C(C)CO2)C(F)(F)F.NC=O. The molecule has 15 heteroatoms. The van der Waals surface area contributed by atoms with Crippen LogP contribution in [0.4, 0.5) is 30.7 Å². The molecule has 2 heterocycles. The number of primary amides is 1. The summed E-state index contributed by atoms with van der Waals surface area (Å²) in [5, 5.41) is 5.11. The summed E-state index contributed by atoms with van der Waals surface area (Å²) in [4.78, 5) is 23.2. The summed E-state index contributed by atoms with van der Waals surface area (Å²) in [5.41, 5.74) is 4.36. The van der Waals surface area contributed by atoms with Gasteiger partial charge in [-0.3, -0.25) is 9.59 Å². The number of alkyl halides is 5. The van der Waals surface area contributed by atoms with Crippen molar-refractivity contribution in [1.29, 1.82) is 0 Å². The second-order valence-corrected chi connectivity index (χ2v) is 9.43. The third-order valence-electron chi connectivity index (χ3n) is 6.36. The molecule has 0 fully saturated rings.